The van der Waals surface area contributed by atoms with Crippen LogP contribution in [0.2, 0.25) is 0 Å². The van der Waals surface area contributed by atoms with E-state index in [4.69, 9.17) is 0 Å². The van der Waals surface area contributed by atoms with Crippen LogP contribution >= 0.6 is 0 Å². The van der Waals surface area contributed by atoms with Gasteiger partial charge in [-0.1, -0.05) is 0 Å². The van der Waals surface area contributed by atoms with E-state index in [0.717, 1.165) is 6.42 Å². The fourth-order valence-electron chi connectivity index (χ4n) is 5.33. The van der Waals surface area contributed by atoms with Crippen molar-refractivity contribution in [2.24, 2.45) is 23.7 Å². The number of halogens is 9. The van der Waals surface area contributed by atoms with Crippen molar-refractivity contribution in [2.75, 3.05) is 0 Å². The van der Waals surface area contributed by atoms with Crippen LogP contribution in [0.1, 0.15) is 44.9 Å². The highest BCUT2D eigenvalue weighted by molar-refractivity contribution is 5.08. The molecule has 0 saturated heterocycles. The molecule has 0 spiro atoms. The molecule has 1 N–H and O–H groups in total. The zero-order valence-corrected chi connectivity index (χ0v) is 13.6. The standard InChI is InChI=1S/C16H19F9O/c17-13(18,14(19,20)15(21,22)16(23,24)25)2-1-12(26)10-4-8-3-9(6-10)7-11(12)5-8/h8-11,26H,1-7H2. The summed E-state index contributed by atoms with van der Waals surface area (Å²) in [5.74, 6) is -19.2. The van der Waals surface area contributed by atoms with Crippen molar-refractivity contribution >= 4 is 0 Å². The summed E-state index contributed by atoms with van der Waals surface area (Å²) < 4.78 is 117. The lowest BCUT2D eigenvalue weighted by Gasteiger charge is -2.59. The second-order valence-corrected chi connectivity index (χ2v) is 8.15. The Morgan fingerprint density at radius 1 is 0.692 bits per heavy atom. The van der Waals surface area contributed by atoms with Crippen molar-refractivity contribution in [2.45, 2.75) is 74.5 Å². The quantitative estimate of drug-likeness (QED) is 0.613. The summed E-state index contributed by atoms with van der Waals surface area (Å²) in [5.41, 5.74) is -1.71. The largest absolute Gasteiger partial charge is 0.460 e. The predicted octanol–water partition coefficient (Wildman–Crippen LogP) is 5.42. The van der Waals surface area contributed by atoms with E-state index in [0.29, 0.717) is 37.5 Å². The van der Waals surface area contributed by atoms with Crippen LogP contribution in [0.3, 0.4) is 0 Å². The predicted molar refractivity (Wildman–Crippen MR) is 72.1 cm³/mol. The Labute approximate surface area is 143 Å². The van der Waals surface area contributed by atoms with Gasteiger partial charge in [-0.2, -0.15) is 39.5 Å². The summed E-state index contributed by atoms with van der Waals surface area (Å²) in [6, 6.07) is 0. The number of hydrogen-bond donors (Lipinski definition) is 1. The molecule has 0 heterocycles. The number of aliphatic hydroxyl groups is 1. The minimum Gasteiger partial charge on any atom is -0.389 e. The van der Waals surface area contributed by atoms with Gasteiger partial charge in [-0.25, -0.2) is 0 Å². The van der Waals surface area contributed by atoms with E-state index in [1.165, 1.54) is 0 Å². The van der Waals surface area contributed by atoms with Crippen LogP contribution in [0.25, 0.3) is 0 Å². The maximum Gasteiger partial charge on any atom is 0.460 e. The first-order valence-corrected chi connectivity index (χ1v) is 8.54. The Hall–Kier alpha value is -0.670. The van der Waals surface area contributed by atoms with Crippen LogP contribution < -0.4 is 0 Å². The van der Waals surface area contributed by atoms with E-state index in [9.17, 15) is 44.6 Å². The summed E-state index contributed by atoms with van der Waals surface area (Å²) >= 11 is 0. The minimum absolute atomic E-state index is 0.328. The van der Waals surface area contributed by atoms with Crippen molar-refractivity contribution < 1.29 is 44.6 Å². The summed E-state index contributed by atoms with van der Waals surface area (Å²) in [7, 11) is 0. The SMILES string of the molecule is OC1(CCC(F)(F)C(F)(F)C(F)(F)C(F)(F)F)C2CC3CC(C2)CC1C3. The first-order valence-electron chi connectivity index (χ1n) is 8.54. The van der Waals surface area contributed by atoms with Crippen LogP contribution in [0, 0.1) is 23.7 Å². The molecular formula is C16H19F9O. The molecule has 0 aromatic heterocycles. The van der Waals surface area contributed by atoms with E-state index in [1.807, 2.05) is 0 Å². The molecule has 0 unspecified atom stereocenters. The molecular weight excluding hydrogens is 379 g/mol. The normalized spacial score (nSPS) is 38.1. The van der Waals surface area contributed by atoms with Gasteiger partial charge < -0.3 is 5.11 Å². The van der Waals surface area contributed by atoms with Gasteiger partial charge in [0.25, 0.3) is 0 Å². The lowest BCUT2D eigenvalue weighted by molar-refractivity contribution is -0.397. The van der Waals surface area contributed by atoms with E-state index >= 15 is 0 Å². The third-order valence-electron chi connectivity index (χ3n) is 6.60. The topological polar surface area (TPSA) is 20.2 Å². The van der Waals surface area contributed by atoms with Gasteiger partial charge >= 0.3 is 23.9 Å². The van der Waals surface area contributed by atoms with Crippen LogP contribution in [0.4, 0.5) is 39.5 Å². The van der Waals surface area contributed by atoms with Gasteiger partial charge in [-0.05, 0) is 62.2 Å². The highest BCUT2D eigenvalue weighted by Crippen LogP contribution is 2.61. The van der Waals surface area contributed by atoms with E-state index in [2.05, 4.69) is 0 Å². The Bertz CT molecular complexity index is 526. The third-order valence-corrected chi connectivity index (χ3v) is 6.60. The molecule has 0 amide bonds. The molecule has 0 aliphatic heterocycles. The molecule has 4 saturated carbocycles. The Morgan fingerprint density at radius 3 is 1.50 bits per heavy atom. The molecule has 0 atom stereocenters. The number of alkyl halides is 9. The molecule has 152 valence electrons. The van der Waals surface area contributed by atoms with Gasteiger partial charge in [0.2, 0.25) is 0 Å². The zero-order chi connectivity index (χ0) is 19.8. The Morgan fingerprint density at radius 2 is 1.12 bits per heavy atom. The lowest BCUT2D eigenvalue weighted by atomic mass is 9.49. The fraction of sp³-hybridized carbons (Fsp3) is 1.00. The molecule has 0 aromatic carbocycles. The van der Waals surface area contributed by atoms with Crippen molar-refractivity contribution in [3.05, 3.63) is 0 Å². The van der Waals surface area contributed by atoms with Gasteiger partial charge in [-0.3, -0.25) is 0 Å². The van der Waals surface area contributed by atoms with Gasteiger partial charge in [0.05, 0.1) is 5.60 Å². The smallest absolute Gasteiger partial charge is 0.389 e. The molecule has 4 aliphatic carbocycles. The van der Waals surface area contributed by atoms with Crippen LogP contribution in [0.15, 0.2) is 0 Å². The van der Waals surface area contributed by atoms with Crippen LogP contribution in [-0.2, 0) is 0 Å². The molecule has 0 radical (unpaired) electrons. The highest BCUT2D eigenvalue weighted by atomic mass is 19.4. The molecule has 1 nitrogen and oxygen atoms in total. The first kappa shape index (κ1) is 20.1. The lowest BCUT2D eigenvalue weighted by Crippen LogP contribution is -2.62. The number of rotatable bonds is 5. The molecule has 4 rings (SSSR count). The van der Waals surface area contributed by atoms with Crippen molar-refractivity contribution in [3.63, 3.8) is 0 Å². The molecule has 0 aromatic rings. The second-order valence-electron chi connectivity index (χ2n) is 8.15. The fourth-order valence-corrected chi connectivity index (χ4v) is 5.33. The van der Waals surface area contributed by atoms with Crippen molar-refractivity contribution in [1.82, 2.24) is 0 Å². The zero-order valence-electron chi connectivity index (χ0n) is 13.6. The Kier molecular flexibility index (Phi) is 4.38. The summed E-state index contributed by atoms with van der Waals surface area (Å²) in [5, 5.41) is 10.8. The van der Waals surface area contributed by atoms with Gasteiger partial charge in [0, 0.05) is 6.42 Å². The minimum atomic E-state index is -6.86. The average molecular weight is 398 g/mol. The summed E-state index contributed by atoms with van der Waals surface area (Å²) in [6.07, 6.45) is -6.50. The van der Waals surface area contributed by atoms with Crippen molar-refractivity contribution in [3.8, 4) is 0 Å². The molecule has 10 heteroatoms. The summed E-state index contributed by atoms with van der Waals surface area (Å²) in [4.78, 5) is 0. The monoisotopic (exact) mass is 398 g/mol. The first-order chi connectivity index (χ1) is 11.6. The highest BCUT2D eigenvalue weighted by Gasteiger charge is 2.81. The third kappa shape index (κ3) is 2.73. The Balaban J connectivity index is 1.76. The summed E-state index contributed by atoms with van der Waals surface area (Å²) in [6.45, 7) is 0. The molecule has 26 heavy (non-hydrogen) atoms. The maximum absolute atomic E-state index is 13.8. The van der Waals surface area contributed by atoms with Crippen LogP contribution in [-0.4, -0.2) is 34.7 Å². The van der Waals surface area contributed by atoms with Gasteiger partial charge in [-0.15, -0.1) is 0 Å². The molecule has 4 aliphatic rings. The molecule has 4 bridgehead atoms. The molecule has 4 fully saturated rings. The second kappa shape index (κ2) is 5.67. The average Bonchev–Trinajstić information content (AvgIpc) is 2.48. The van der Waals surface area contributed by atoms with Crippen molar-refractivity contribution in [1.29, 1.82) is 0 Å². The van der Waals surface area contributed by atoms with Gasteiger partial charge in [0.15, 0.2) is 0 Å². The van der Waals surface area contributed by atoms with E-state index in [-0.39, 0.29) is 0 Å². The van der Waals surface area contributed by atoms with Crippen LogP contribution in [0.5, 0.6) is 0 Å². The van der Waals surface area contributed by atoms with E-state index < -0.39 is 54.2 Å². The van der Waals surface area contributed by atoms with Gasteiger partial charge in [0.1, 0.15) is 0 Å². The van der Waals surface area contributed by atoms with E-state index in [1.54, 1.807) is 0 Å². The number of hydrogen-bond acceptors (Lipinski definition) is 1. The maximum atomic E-state index is 13.8.